The zero-order valence-electron chi connectivity index (χ0n) is 20.2. The van der Waals surface area contributed by atoms with Crippen LogP contribution in [0.4, 0.5) is 0 Å². The second-order valence-corrected chi connectivity index (χ2v) is 11.4. The van der Waals surface area contributed by atoms with Crippen molar-refractivity contribution in [2.45, 2.75) is 83.6 Å². The van der Waals surface area contributed by atoms with Crippen LogP contribution in [0.25, 0.3) is 0 Å². The molecule has 0 amide bonds. The maximum Gasteiger partial charge on any atom is 0.348 e. The van der Waals surface area contributed by atoms with Crippen LogP contribution in [0.5, 0.6) is 0 Å². The summed E-state index contributed by atoms with van der Waals surface area (Å²) in [5.41, 5.74) is -2.84. The fourth-order valence-electron chi connectivity index (χ4n) is 8.09. The molecule has 34 heavy (non-hydrogen) atoms. The SMILES string of the molecule is CC[C@@H](C)C(=O)O[C@H]1C(=O)O[C@@H]2C[C@H]3C(C)=CC(=O)[C@@H](O)[C@]3(C)[C@H]3[C@@H](O)[C@H](O)[C@]4(C)OC[C@]32[C@@H]14. The Labute approximate surface area is 198 Å². The summed E-state index contributed by atoms with van der Waals surface area (Å²) in [5.74, 6) is -4.16. The minimum absolute atomic E-state index is 0.0360. The molecular weight excluding hydrogens is 444 g/mol. The van der Waals surface area contributed by atoms with Crippen LogP contribution in [0.15, 0.2) is 11.6 Å². The summed E-state index contributed by atoms with van der Waals surface area (Å²) in [6.45, 7) is 8.76. The Morgan fingerprint density at radius 3 is 2.56 bits per heavy atom. The van der Waals surface area contributed by atoms with Crippen LogP contribution in [-0.4, -0.2) is 75.8 Å². The molecule has 188 valence electrons. The summed E-state index contributed by atoms with van der Waals surface area (Å²) >= 11 is 0. The van der Waals surface area contributed by atoms with Gasteiger partial charge in [0.25, 0.3) is 0 Å². The molecule has 4 fully saturated rings. The number of carbonyl (C=O) groups excluding carboxylic acids is 3. The Morgan fingerprint density at radius 1 is 1.24 bits per heavy atom. The van der Waals surface area contributed by atoms with E-state index in [9.17, 15) is 29.7 Å². The second kappa shape index (κ2) is 7.35. The van der Waals surface area contributed by atoms with Crippen molar-refractivity contribution < 1.29 is 43.9 Å². The summed E-state index contributed by atoms with van der Waals surface area (Å²) in [4.78, 5) is 38.8. The van der Waals surface area contributed by atoms with Gasteiger partial charge in [0.1, 0.15) is 23.9 Å². The number of esters is 2. The number of ether oxygens (including phenoxy) is 3. The number of aliphatic hydroxyl groups excluding tert-OH is 3. The highest BCUT2D eigenvalue weighted by molar-refractivity contribution is 5.96. The van der Waals surface area contributed by atoms with E-state index >= 15 is 0 Å². The molecule has 2 bridgehead atoms. The molecule has 3 N–H and O–H groups in total. The predicted octanol–water partition coefficient (Wildman–Crippen LogP) is 0.529. The van der Waals surface area contributed by atoms with E-state index in [1.54, 1.807) is 27.7 Å². The van der Waals surface area contributed by atoms with Crippen LogP contribution in [-0.2, 0) is 28.6 Å². The van der Waals surface area contributed by atoms with Crippen LogP contribution < -0.4 is 0 Å². The zero-order valence-corrected chi connectivity index (χ0v) is 20.2. The van der Waals surface area contributed by atoms with Crippen molar-refractivity contribution in [3.05, 3.63) is 11.6 Å². The number of rotatable bonds is 3. The van der Waals surface area contributed by atoms with Crippen molar-refractivity contribution in [2.75, 3.05) is 6.61 Å². The highest BCUT2D eigenvalue weighted by Crippen LogP contribution is 2.72. The third-order valence-electron chi connectivity index (χ3n) is 9.96. The van der Waals surface area contributed by atoms with Crippen LogP contribution in [0.3, 0.4) is 0 Å². The highest BCUT2D eigenvalue weighted by atomic mass is 16.6. The van der Waals surface area contributed by atoms with Crippen LogP contribution in [0.1, 0.15) is 47.5 Å². The third-order valence-corrected chi connectivity index (χ3v) is 9.96. The fraction of sp³-hybridized carbons (Fsp3) is 0.800. The lowest BCUT2D eigenvalue weighted by atomic mass is 9.38. The molecule has 0 aromatic heterocycles. The molecule has 0 radical (unpaired) electrons. The van der Waals surface area contributed by atoms with Gasteiger partial charge in [-0.05, 0) is 38.7 Å². The maximum absolute atomic E-state index is 13.3. The fourth-order valence-corrected chi connectivity index (χ4v) is 8.09. The lowest BCUT2D eigenvalue weighted by Crippen LogP contribution is -2.78. The first-order valence-corrected chi connectivity index (χ1v) is 12.2. The average Bonchev–Trinajstić information content (AvgIpc) is 3.06. The van der Waals surface area contributed by atoms with Crippen molar-refractivity contribution in [3.8, 4) is 0 Å². The molecule has 2 heterocycles. The standard InChI is InChI=1S/C25H34O9/c1-6-10(2)21(30)34-16-18-24(5)20(29)15(27)17-23(4)12(11(3)7-13(26)19(23)28)8-14(33-22(16)31)25(17,18)9-32-24/h7,10,12,14-20,27-29H,6,8-9H2,1-5H3/t10-,12+,14-,15-,16-,17-,18+,19-,20+,23+,24-,25-/m1/s1. The molecule has 0 aromatic rings. The van der Waals surface area contributed by atoms with Crippen LogP contribution >= 0.6 is 0 Å². The van der Waals surface area contributed by atoms with E-state index in [1.165, 1.54) is 6.08 Å². The lowest BCUT2D eigenvalue weighted by Gasteiger charge is -2.68. The Morgan fingerprint density at radius 2 is 1.91 bits per heavy atom. The van der Waals surface area contributed by atoms with Crippen molar-refractivity contribution in [2.24, 2.45) is 34.5 Å². The van der Waals surface area contributed by atoms with Crippen molar-refractivity contribution in [3.63, 3.8) is 0 Å². The van der Waals surface area contributed by atoms with E-state index in [4.69, 9.17) is 14.2 Å². The summed E-state index contributed by atoms with van der Waals surface area (Å²) < 4.78 is 17.8. The highest BCUT2D eigenvalue weighted by Gasteiger charge is 2.82. The smallest absolute Gasteiger partial charge is 0.348 e. The van der Waals surface area contributed by atoms with Gasteiger partial charge in [0, 0.05) is 16.7 Å². The summed E-state index contributed by atoms with van der Waals surface area (Å²) in [6.07, 6.45) is -3.95. The normalized spacial score (nSPS) is 52.2. The van der Waals surface area contributed by atoms with Gasteiger partial charge in [-0.25, -0.2) is 4.79 Å². The average molecular weight is 479 g/mol. The van der Waals surface area contributed by atoms with E-state index in [-0.39, 0.29) is 12.5 Å². The van der Waals surface area contributed by atoms with Gasteiger partial charge in [0.15, 0.2) is 5.78 Å². The summed E-state index contributed by atoms with van der Waals surface area (Å²) in [6, 6.07) is 0. The van der Waals surface area contributed by atoms with E-state index in [1.807, 2.05) is 6.92 Å². The molecule has 3 aliphatic carbocycles. The molecule has 0 aromatic carbocycles. The largest absolute Gasteiger partial charge is 0.459 e. The van der Waals surface area contributed by atoms with E-state index in [2.05, 4.69) is 0 Å². The second-order valence-electron chi connectivity index (χ2n) is 11.4. The number of hydrogen-bond donors (Lipinski definition) is 3. The molecule has 1 spiro atoms. The quantitative estimate of drug-likeness (QED) is 0.496. The van der Waals surface area contributed by atoms with Gasteiger partial charge in [-0.1, -0.05) is 26.3 Å². The van der Waals surface area contributed by atoms with Gasteiger partial charge < -0.3 is 29.5 Å². The minimum atomic E-state index is -1.43. The van der Waals surface area contributed by atoms with Crippen molar-refractivity contribution in [1.29, 1.82) is 0 Å². The molecule has 2 aliphatic heterocycles. The van der Waals surface area contributed by atoms with Crippen molar-refractivity contribution in [1.82, 2.24) is 0 Å². The Kier molecular flexibility index (Phi) is 5.17. The van der Waals surface area contributed by atoms with Gasteiger partial charge in [0.05, 0.1) is 24.5 Å². The monoisotopic (exact) mass is 478 g/mol. The maximum atomic E-state index is 13.3. The molecule has 2 saturated heterocycles. The van der Waals surface area contributed by atoms with Crippen LogP contribution in [0.2, 0.25) is 0 Å². The molecule has 9 nitrogen and oxygen atoms in total. The summed E-state index contributed by atoms with van der Waals surface area (Å²) in [5, 5.41) is 34.0. The third kappa shape index (κ3) is 2.61. The van der Waals surface area contributed by atoms with Gasteiger partial charge >= 0.3 is 11.9 Å². The number of allylic oxidation sites excluding steroid dienone is 1. The van der Waals surface area contributed by atoms with Crippen LogP contribution in [0, 0.1) is 34.5 Å². The Balaban J connectivity index is 1.69. The molecule has 12 atom stereocenters. The first-order chi connectivity index (χ1) is 15.8. The topological polar surface area (TPSA) is 140 Å². The van der Waals surface area contributed by atoms with Crippen molar-refractivity contribution >= 4 is 17.7 Å². The molecule has 0 unspecified atom stereocenters. The first kappa shape index (κ1) is 23.9. The zero-order chi connectivity index (χ0) is 25.0. The minimum Gasteiger partial charge on any atom is -0.459 e. The van der Waals surface area contributed by atoms with E-state index < -0.39 is 82.4 Å². The van der Waals surface area contributed by atoms with Gasteiger partial charge in [-0.2, -0.15) is 0 Å². The van der Waals surface area contributed by atoms with Gasteiger partial charge in [-0.3, -0.25) is 9.59 Å². The summed E-state index contributed by atoms with van der Waals surface area (Å²) in [7, 11) is 0. The number of hydrogen-bond acceptors (Lipinski definition) is 9. The van der Waals surface area contributed by atoms with E-state index in [0.717, 1.165) is 5.57 Å². The number of aliphatic hydroxyl groups is 3. The number of fused-ring (bicyclic) bond motifs is 2. The van der Waals surface area contributed by atoms with Gasteiger partial charge in [0.2, 0.25) is 6.10 Å². The first-order valence-electron chi connectivity index (χ1n) is 12.2. The molecule has 5 rings (SSSR count). The molecule has 2 saturated carbocycles. The Hall–Kier alpha value is -1.81. The Bertz CT molecular complexity index is 975. The number of ketones is 1. The number of carbonyl (C=O) groups is 3. The lowest BCUT2D eigenvalue weighted by molar-refractivity contribution is -0.297. The predicted molar refractivity (Wildman–Crippen MR) is 116 cm³/mol. The molecular formula is C25H34O9. The van der Waals surface area contributed by atoms with Gasteiger partial charge in [-0.15, -0.1) is 0 Å². The van der Waals surface area contributed by atoms with E-state index in [0.29, 0.717) is 12.8 Å². The molecule has 5 aliphatic rings. The molecule has 9 heteroatoms.